The maximum Gasteiger partial charge on any atom is 0.234 e. The summed E-state index contributed by atoms with van der Waals surface area (Å²) in [4.78, 5) is 13.1. The van der Waals surface area contributed by atoms with Gasteiger partial charge in [-0.2, -0.15) is 0 Å². The molecule has 0 saturated heterocycles. The lowest BCUT2D eigenvalue weighted by atomic mass is 10.1. The third kappa shape index (κ3) is 2.68. The van der Waals surface area contributed by atoms with Crippen molar-refractivity contribution in [3.8, 4) is 5.75 Å². The van der Waals surface area contributed by atoms with E-state index in [1.54, 1.807) is 12.1 Å². The lowest BCUT2D eigenvalue weighted by Gasteiger charge is -2.03. The van der Waals surface area contributed by atoms with Crippen molar-refractivity contribution in [1.82, 2.24) is 0 Å². The van der Waals surface area contributed by atoms with E-state index in [2.05, 4.69) is 4.99 Å². The SMILES string of the molecule is COc1ccc(CCN=C=O)c(F)c1. The van der Waals surface area contributed by atoms with Crippen LogP contribution >= 0.6 is 0 Å². The van der Waals surface area contributed by atoms with Crippen LogP contribution in [0.5, 0.6) is 5.75 Å². The number of ether oxygens (including phenoxy) is 1. The van der Waals surface area contributed by atoms with Gasteiger partial charge in [-0.3, -0.25) is 0 Å². The van der Waals surface area contributed by atoms with Crippen molar-refractivity contribution < 1.29 is 13.9 Å². The molecule has 14 heavy (non-hydrogen) atoms. The van der Waals surface area contributed by atoms with Gasteiger partial charge in [0.1, 0.15) is 11.6 Å². The number of carbonyl (C=O) groups excluding carboxylic acids is 1. The molecule has 0 atom stereocenters. The monoisotopic (exact) mass is 195 g/mol. The lowest BCUT2D eigenvalue weighted by molar-refractivity contribution is 0.410. The Hall–Kier alpha value is -1.67. The van der Waals surface area contributed by atoms with Crippen LogP contribution in [0.3, 0.4) is 0 Å². The number of rotatable bonds is 4. The molecule has 0 amide bonds. The quantitative estimate of drug-likeness (QED) is 0.542. The number of halogens is 1. The Balaban J connectivity index is 2.73. The molecule has 0 aliphatic heterocycles. The summed E-state index contributed by atoms with van der Waals surface area (Å²) in [6, 6.07) is 4.59. The van der Waals surface area contributed by atoms with Crippen molar-refractivity contribution in [3.63, 3.8) is 0 Å². The highest BCUT2D eigenvalue weighted by Gasteiger charge is 2.02. The molecule has 0 bridgehead atoms. The second kappa shape index (κ2) is 5.14. The van der Waals surface area contributed by atoms with Crippen LogP contribution in [0.4, 0.5) is 4.39 Å². The smallest absolute Gasteiger partial charge is 0.234 e. The average Bonchev–Trinajstić information content (AvgIpc) is 2.20. The zero-order valence-electron chi connectivity index (χ0n) is 7.79. The molecule has 74 valence electrons. The van der Waals surface area contributed by atoms with E-state index in [1.165, 1.54) is 19.3 Å². The van der Waals surface area contributed by atoms with Crippen LogP contribution in [0.1, 0.15) is 5.56 Å². The van der Waals surface area contributed by atoms with Crippen LogP contribution in [0.25, 0.3) is 0 Å². The van der Waals surface area contributed by atoms with Crippen LogP contribution in [-0.4, -0.2) is 19.7 Å². The lowest BCUT2D eigenvalue weighted by Crippen LogP contribution is -1.94. The summed E-state index contributed by atoms with van der Waals surface area (Å²) in [5.41, 5.74) is 0.518. The Morgan fingerprint density at radius 1 is 1.57 bits per heavy atom. The average molecular weight is 195 g/mol. The molecule has 0 aliphatic carbocycles. The highest BCUT2D eigenvalue weighted by Crippen LogP contribution is 2.16. The molecule has 1 rings (SSSR count). The van der Waals surface area contributed by atoms with Crippen molar-refractivity contribution >= 4 is 6.08 Å². The number of nitrogens with zero attached hydrogens (tertiary/aromatic N) is 1. The molecule has 0 N–H and O–H groups in total. The minimum absolute atomic E-state index is 0.257. The first-order valence-electron chi connectivity index (χ1n) is 4.14. The molecule has 0 saturated carbocycles. The summed E-state index contributed by atoms with van der Waals surface area (Å²) < 4.78 is 18.1. The Morgan fingerprint density at radius 3 is 2.93 bits per heavy atom. The summed E-state index contributed by atoms with van der Waals surface area (Å²) in [5, 5.41) is 0. The topological polar surface area (TPSA) is 38.7 Å². The van der Waals surface area contributed by atoms with Crippen LogP contribution in [0.15, 0.2) is 23.2 Å². The van der Waals surface area contributed by atoms with Gasteiger partial charge in [0.25, 0.3) is 0 Å². The highest BCUT2D eigenvalue weighted by molar-refractivity contribution is 5.33. The standard InChI is InChI=1S/C10H10FNO2/c1-14-9-3-2-8(10(11)6-9)4-5-12-7-13/h2-3,6H,4-5H2,1H3. The molecule has 1 aromatic carbocycles. The Labute approximate surface area is 81.2 Å². The molecule has 1 aromatic rings. The molecule has 0 fully saturated rings. The zero-order chi connectivity index (χ0) is 10.4. The third-order valence-electron chi connectivity index (χ3n) is 1.82. The molecule has 3 nitrogen and oxygen atoms in total. The van der Waals surface area contributed by atoms with Crippen molar-refractivity contribution in [2.24, 2.45) is 4.99 Å². The molecule has 0 spiro atoms. The number of hydrogen-bond donors (Lipinski definition) is 0. The Morgan fingerprint density at radius 2 is 2.36 bits per heavy atom. The van der Waals surface area contributed by atoms with Crippen LogP contribution in [0, 0.1) is 5.82 Å². The highest BCUT2D eigenvalue weighted by atomic mass is 19.1. The van der Waals surface area contributed by atoms with Gasteiger partial charge in [0.15, 0.2) is 0 Å². The normalized spacial score (nSPS) is 9.29. The number of hydrogen-bond acceptors (Lipinski definition) is 3. The van der Waals surface area contributed by atoms with Crippen LogP contribution in [-0.2, 0) is 11.2 Å². The second-order valence-electron chi connectivity index (χ2n) is 2.68. The summed E-state index contributed by atoms with van der Waals surface area (Å²) >= 11 is 0. The summed E-state index contributed by atoms with van der Waals surface area (Å²) in [7, 11) is 1.48. The van der Waals surface area contributed by atoms with Crippen molar-refractivity contribution in [3.05, 3.63) is 29.6 Å². The number of isocyanates is 1. The van der Waals surface area contributed by atoms with E-state index in [1.807, 2.05) is 0 Å². The van der Waals surface area contributed by atoms with Gasteiger partial charge in [0.05, 0.1) is 13.7 Å². The van der Waals surface area contributed by atoms with Gasteiger partial charge in [-0.05, 0) is 18.1 Å². The number of methoxy groups -OCH3 is 1. The van der Waals surface area contributed by atoms with Crippen molar-refractivity contribution in [1.29, 1.82) is 0 Å². The Bertz CT molecular complexity index is 359. The van der Waals surface area contributed by atoms with Crippen LogP contribution < -0.4 is 4.74 Å². The molecule has 0 aromatic heterocycles. The van der Waals surface area contributed by atoms with E-state index in [-0.39, 0.29) is 12.4 Å². The number of aliphatic imine (C=N–C) groups is 1. The summed E-state index contributed by atoms with van der Waals surface area (Å²) in [6.07, 6.45) is 1.80. The maximum absolute atomic E-state index is 13.2. The Kier molecular flexibility index (Phi) is 3.83. The third-order valence-corrected chi connectivity index (χ3v) is 1.82. The van der Waals surface area contributed by atoms with Gasteiger partial charge in [-0.25, -0.2) is 14.2 Å². The van der Waals surface area contributed by atoms with E-state index < -0.39 is 0 Å². The van der Waals surface area contributed by atoms with E-state index in [0.717, 1.165) is 0 Å². The fraction of sp³-hybridized carbons (Fsp3) is 0.300. The van der Waals surface area contributed by atoms with Crippen molar-refractivity contribution in [2.45, 2.75) is 6.42 Å². The first kappa shape index (κ1) is 10.4. The molecule has 4 heteroatoms. The second-order valence-corrected chi connectivity index (χ2v) is 2.68. The first-order chi connectivity index (χ1) is 6.77. The minimum atomic E-state index is -0.342. The first-order valence-corrected chi connectivity index (χ1v) is 4.14. The molecule has 0 radical (unpaired) electrons. The maximum atomic E-state index is 13.2. The predicted octanol–water partition coefficient (Wildman–Crippen LogP) is 1.71. The number of benzene rings is 1. The van der Waals surface area contributed by atoms with E-state index in [9.17, 15) is 9.18 Å². The fourth-order valence-electron chi connectivity index (χ4n) is 1.08. The largest absolute Gasteiger partial charge is 0.497 e. The molecule has 0 aliphatic rings. The van der Waals surface area contributed by atoms with E-state index in [4.69, 9.17) is 4.74 Å². The van der Waals surface area contributed by atoms with Gasteiger partial charge in [0.2, 0.25) is 6.08 Å². The van der Waals surface area contributed by atoms with Gasteiger partial charge in [0, 0.05) is 6.07 Å². The predicted molar refractivity (Wildman–Crippen MR) is 49.6 cm³/mol. The van der Waals surface area contributed by atoms with Gasteiger partial charge >= 0.3 is 0 Å². The summed E-state index contributed by atoms with van der Waals surface area (Å²) in [5.74, 6) is 0.135. The molecule has 0 heterocycles. The zero-order valence-corrected chi connectivity index (χ0v) is 7.79. The molecule has 0 unspecified atom stereocenters. The molecular weight excluding hydrogens is 185 g/mol. The molecular formula is C10H10FNO2. The minimum Gasteiger partial charge on any atom is -0.497 e. The van der Waals surface area contributed by atoms with Gasteiger partial charge in [-0.15, -0.1) is 0 Å². The van der Waals surface area contributed by atoms with E-state index in [0.29, 0.717) is 17.7 Å². The van der Waals surface area contributed by atoms with Crippen molar-refractivity contribution in [2.75, 3.05) is 13.7 Å². The van der Waals surface area contributed by atoms with Gasteiger partial charge in [-0.1, -0.05) is 6.07 Å². The van der Waals surface area contributed by atoms with Crippen LogP contribution in [0.2, 0.25) is 0 Å². The van der Waals surface area contributed by atoms with Gasteiger partial charge < -0.3 is 4.74 Å². The van der Waals surface area contributed by atoms with E-state index >= 15 is 0 Å². The fourth-order valence-corrected chi connectivity index (χ4v) is 1.08. The summed E-state index contributed by atoms with van der Waals surface area (Å²) in [6.45, 7) is 0.257.